The molecule has 4 aromatic rings. The quantitative estimate of drug-likeness (QED) is 0.252. The lowest BCUT2D eigenvalue weighted by Crippen LogP contribution is -2.15. The van der Waals surface area contributed by atoms with Crippen LogP contribution in [0.2, 0.25) is 5.02 Å². The van der Waals surface area contributed by atoms with Crippen molar-refractivity contribution in [1.82, 2.24) is 9.97 Å². The van der Waals surface area contributed by atoms with E-state index < -0.39 is 0 Å². The number of thioether (sulfide) groups is 1. The van der Waals surface area contributed by atoms with E-state index in [0.29, 0.717) is 5.02 Å². The number of fused-ring (bicyclic) bond motifs is 1. The molecule has 4 rings (SSSR count). The number of carbonyl (C=O) groups excluding carboxylic acids is 1. The number of aromatic nitrogens is 2. The van der Waals surface area contributed by atoms with Crippen LogP contribution in [-0.2, 0) is 10.2 Å². The van der Waals surface area contributed by atoms with E-state index in [2.05, 4.69) is 53.6 Å². The van der Waals surface area contributed by atoms with Crippen molar-refractivity contribution in [3.8, 4) is 11.1 Å². The zero-order valence-corrected chi connectivity index (χ0v) is 19.9. The molecular weight excluding hydrogens is 446 g/mol. The lowest BCUT2D eigenvalue weighted by atomic mass is 9.87. The summed E-state index contributed by atoms with van der Waals surface area (Å²) in [5, 5.41) is 7.51. The normalized spacial score (nSPS) is 11.6. The molecule has 2 aromatic heterocycles. The minimum absolute atomic E-state index is 0.0662. The van der Waals surface area contributed by atoms with Crippen molar-refractivity contribution in [2.75, 3.05) is 11.1 Å². The second-order valence-electron chi connectivity index (χ2n) is 8.18. The highest BCUT2D eigenvalue weighted by atomic mass is 35.5. The van der Waals surface area contributed by atoms with E-state index in [0.717, 1.165) is 32.1 Å². The standard InChI is InChI=1S/C24H22ClN3OS2/c1-24(2,3)16-6-10-18(11-7-16)28-20(29)13-31-23-21-19(12-30-22(21)26-14-27-23)15-4-8-17(25)9-5-15/h4-12,14H,13H2,1-3H3,(H,28,29). The van der Waals surface area contributed by atoms with Crippen molar-refractivity contribution in [1.29, 1.82) is 0 Å². The Morgan fingerprint density at radius 2 is 1.77 bits per heavy atom. The second kappa shape index (κ2) is 8.99. The maximum Gasteiger partial charge on any atom is 0.234 e. The van der Waals surface area contributed by atoms with E-state index in [1.807, 2.05) is 36.4 Å². The number of rotatable bonds is 5. The van der Waals surface area contributed by atoms with E-state index in [1.54, 1.807) is 17.7 Å². The number of benzene rings is 2. The Kier molecular flexibility index (Phi) is 6.32. The number of anilines is 1. The van der Waals surface area contributed by atoms with Crippen LogP contribution in [0.5, 0.6) is 0 Å². The van der Waals surface area contributed by atoms with E-state index in [1.165, 1.54) is 17.3 Å². The summed E-state index contributed by atoms with van der Waals surface area (Å²) >= 11 is 9.02. The van der Waals surface area contributed by atoms with Crippen LogP contribution in [-0.4, -0.2) is 21.6 Å². The number of nitrogens with zero attached hydrogens (tertiary/aromatic N) is 2. The van der Waals surface area contributed by atoms with Gasteiger partial charge in [-0.3, -0.25) is 4.79 Å². The van der Waals surface area contributed by atoms with E-state index in [-0.39, 0.29) is 17.1 Å². The molecule has 0 saturated heterocycles. The third kappa shape index (κ3) is 5.09. The maximum atomic E-state index is 12.5. The van der Waals surface area contributed by atoms with Gasteiger partial charge in [0.15, 0.2) is 0 Å². The maximum absolute atomic E-state index is 12.5. The van der Waals surface area contributed by atoms with Gasteiger partial charge in [-0.1, -0.05) is 68.4 Å². The molecule has 1 N–H and O–H groups in total. The van der Waals surface area contributed by atoms with Gasteiger partial charge >= 0.3 is 0 Å². The van der Waals surface area contributed by atoms with Crippen LogP contribution >= 0.6 is 34.7 Å². The second-order valence-corrected chi connectivity index (χ2v) is 10.4. The van der Waals surface area contributed by atoms with Crippen molar-refractivity contribution in [2.45, 2.75) is 31.2 Å². The van der Waals surface area contributed by atoms with Gasteiger partial charge in [-0.2, -0.15) is 0 Å². The number of hydrogen-bond acceptors (Lipinski definition) is 5. The fraction of sp³-hybridized carbons (Fsp3) is 0.208. The van der Waals surface area contributed by atoms with Gasteiger partial charge in [-0.25, -0.2) is 9.97 Å². The number of amides is 1. The summed E-state index contributed by atoms with van der Waals surface area (Å²) in [6, 6.07) is 15.7. The molecule has 0 aliphatic carbocycles. The predicted molar refractivity (Wildman–Crippen MR) is 132 cm³/mol. The minimum Gasteiger partial charge on any atom is -0.325 e. The molecule has 0 radical (unpaired) electrons. The first-order valence-electron chi connectivity index (χ1n) is 9.82. The number of thiophene rings is 1. The summed E-state index contributed by atoms with van der Waals surface area (Å²) in [6.45, 7) is 6.51. The average molecular weight is 468 g/mol. The van der Waals surface area contributed by atoms with Crippen LogP contribution in [0, 0.1) is 0 Å². The van der Waals surface area contributed by atoms with Gasteiger partial charge in [-0.05, 0) is 40.8 Å². The molecule has 4 nitrogen and oxygen atoms in total. The first-order chi connectivity index (χ1) is 14.8. The highest BCUT2D eigenvalue weighted by Gasteiger charge is 2.16. The molecule has 0 aliphatic heterocycles. The lowest BCUT2D eigenvalue weighted by molar-refractivity contribution is -0.113. The molecule has 7 heteroatoms. The summed E-state index contributed by atoms with van der Waals surface area (Å²) in [6.07, 6.45) is 1.55. The topological polar surface area (TPSA) is 54.9 Å². The minimum atomic E-state index is -0.0662. The molecule has 0 aliphatic rings. The van der Waals surface area contributed by atoms with Crippen molar-refractivity contribution in [3.63, 3.8) is 0 Å². The van der Waals surface area contributed by atoms with Crippen molar-refractivity contribution in [3.05, 3.63) is 70.8 Å². The Morgan fingerprint density at radius 3 is 2.45 bits per heavy atom. The van der Waals surface area contributed by atoms with E-state index in [9.17, 15) is 4.79 Å². The third-order valence-corrected chi connectivity index (χ3v) is 6.99. The first kappa shape index (κ1) is 21.8. The van der Waals surface area contributed by atoms with E-state index in [4.69, 9.17) is 11.6 Å². The Labute approximate surface area is 195 Å². The van der Waals surface area contributed by atoms with Crippen molar-refractivity contribution >= 4 is 56.5 Å². The average Bonchev–Trinajstić information content (AvgIpc) is 3.17. The van der Waals surface area contributed by atoms with Crippen molar-refractivity contribution in [2.24, 2.45) is 0 Å². The molecule has 2 heterocycles. The van der Waals surface area contributed by atoms with Gasteiger partial charge in [0.1, 0.15) is 16.2 Å². The molecular formula is C24H22ClN3OS2. The fourth-order valence-corrected chi connectivity index (χ4v) is 5.10. The first-order valence-corrected chi connectivity index (χ1v) is 12.1. The Morgan fingerprint density at radius 1 is 1.06 bits per heavy atom. The van der Waals surface area contributed by atoms with Gasteiger partial charge in [0.05, 0.1) is 11.1 Å². The van der Waals surface area contributed by atoms with Crippen LogP contribution in [0.15, 0.2) is 65.3 Å². The van der Waals surface area contributed by atoms with Crippen LogP contribution in [0.1, 0.15) is 26.3 Å². The number of carbonyl (C=O) groups is 1. The fourth-order valence-electron chi connectivity index (χ4n) is 3.18. The number of nitrogens with one attached hydrogen (secondary N) is 1. The largest absolute Gasteiger partial charge is 0.325 e. The van der Waals surface area contributed by atoms with Crippen LogP contribution in [0.4, 0.5) is 5.69 Å². The monoisotopic (exact) mass is 467 g/mol. The zero-order valence-electron chi connectivity index (χ0n) is 17.5. The Bertz CT molecular complexity index is 1210. The van der Waals surface area contributed by atoms with Gasteiger partial charge in [0.2, 0.25) is 5.91 Å². The number of halogens is 1. The summed E-state index contributed by atoms with van der Waals surface area (Å²) < 4.78 is 0. The molecule has 0 bridgehead atoms. The molecule has 0 saturated carbocycles. The molecule has 1 amide bonds. The summed E-state index contributed by atoms with van der Waals surface area (Å²) in [5.41, 5.74) is 4.21. The molecule has 31 heavy (non-hydrogen) atoms. The van der Waals surface area contributed by atoms with Crippen LogP contribution < -0.4 is 5.32 Å². The van der Waals surface area contributed by atoms with Crippen LogP contribution in [0.25, 0.3) is 21.3 Å². The highest BCUT2D eigenvalue weighted by molar-refractivity contribution is 8.00. The highest BCUT2D eigenvalue weighted by Crippen LogP contribution is 2.38. The Balaban J connectivity index is 1.49. The smallest absolute Gasteiger partial charge is 0.234 e. The summed E-state index contributed by atoms with van der Waals surface area (Å²) in [7, 11) is 0. The van der Waals surface area contributed by atoms with E-state index >= 15 is 0 Å². The SMILES string of the molecule is CC(C)(C)c1ccc(NC(=O)CSc2ncnc3scc(-c4ccc(Cl)cc4)c23)cc1. The molecule has 0 spiro atoms. The summed E-state index contributed by atoms with van der Waals surface area (Å²) in [5.74, 6) is 0.201. The van der Waals surface area contributed by atoms with Gasteiger partial charge in [-0.15, -0.1) is 11.3 Å². The van der Waals surface area contributed by atoms with Crippen LogP contribution in [0.3, 0.4) is 0 Å². The Hall–Kier alpha value is -2.41. The summed E-state index contributed by atoms with van der Waals surface area (Å²) in [4.78, 5) is 22.3. The third-order valence-electron chi connectivity index (χ3n) is 4.87. The lowest BCUT2D eigenvalue weighted by Gasteiger charge is -2.19. The predicted octanol–water partition coefficient (Wildman–Crippen LogP) is 7.04. The number of hydrogen-bond donors (Lipinski definition) is 1. The molecule has 158 valence electrons. The van der Waals surface area contributed by atoms with Crippen molar-refractivity contribution < 1.29 is 4.79 Å². The molecule has 0 fully saturated rings. The van der Waals surface area contributed by atoms with Gasteiger partial charge < -0.3 is 5.32 Å². The molecule has 0 atom stereocenters. The van der Waals surface area contributed by atoms with Gasteiger partial charge in [0, 0.05) is 21.7 Å². The molecule has 0 unspecified atom stereocenters. The van der Waals surface area contributed by atoms with Gasteiger partial charge in [0.25, 0.3) is 0 Å². The molecule has 2 aromatic carbocycles. The zero-order chi connectivity index (χ0) is 22.0.